The third-order valence-corrected chi connectivity index (χ3v) is 5.51. The molecule has 5 heteroatoms. The van der Waals surface area contributed by atoms with Crippen LogP contribution in [0, 0.1) is 0 Å². The Labute approximate surface area is 163 Å². The number of thiazole rings is 1. The lowest BCUT2D eigenvalue weighted by Crippen LogP contribution is -2.17. The summed E-state index contributed by atoms with van der Waals surface area (Å²) in [6.45, 7) is 4.20. The number of amides is 1. The highest BCUT2D eigenvalue weighted by Gasteiger charge is 2.13. The van der Waals surface area contributed by atoms with E-state index >= 15 is 0 Å². The molecule has 1 amide bonds. The number of para-hydroxylation sites is 1. The molecule has 0 spiro atoms. The number of rotatable bonds is 6. The number of carbonyl (C=O) groups is 1. The van der Waals surface area contributed by atoms with Crippen molar-refractivity contribution < 1.29 is 4.79 Å². The highest BCUT2D eigenvalue weighted by atomic mass is 35.5. The van der Waals surface area contributed by atoms with Gasteiger partial charge in [0, 0.05) is 16.6 Å². The van der Waals surface area contributed by atoms with Crippen LogP contribution in [0.2, 0.25) is 5.02 Å². The maximum absolute atomic E-state index is 12.6. The van der Waals surface area contributed by atoms with E-state index in [1.807, 2.05) is 35.7 Å². The molecule has 1 heterocycles. The van der Waals surface area contributed by atoms with E-state index in [2.05, 4.69) is 36.3 Å². The highest BCUT2D eigenvalue weighted by molar-refractivity contribution is 7.13. The van der Waals surface area contributed by atoms with Crippen LogP contribution in [0.5, 0.6) is 0 Å². The number of benzene rings is 2. The van der Waals surface area contributed by atoms with Crippen molar-refractivity contribution in [2.24, 2.45) is 0 Å². The monoisotopic (exact) mass is 384 g/mol. The Morgan fingerprint density at radius 3 is 2.42 bits per heavy atom. The van der Waals surface area contributed by atoms with Gasteiger partial charge in [-0.3, -0.25) is 4.79 Å². The van der Waals surface area contributed by atoms with Gasteiger partial charge in [-0.1, -0.05) is 61.8 Å². The summed E-state index contributed by atoms with van der Waals surface area (Å²) in [5, 5.41) is 6.51. The number of halogens is 1. The molecule has 0 fully saturated rings. The van der Waals surface area contributed by atoms with Gasteiger partial charge in [-0.2, -0.15) is 0 Å². The second kappa shape index (κ2) is 8.47. The van der Waals surface area contributed by atoms with E-state index in [0.29, 0.717) is 5.02 Å². The summed E-state index contributed by atoms with van der Waals surface area (Å²) >= 11 is 7.74. The van der Waals surface area contributed by atoms with Crippen LogP contribution in [0.15, 0.2) is 47.8 Å². The zero-order valence-corrected chi connectivity index (χ0v) is 16.5. The van der Waals surface area contributed by atoms with E-state index < -0.39 is 0 Å². The van der Waals surface area contributed by atoms with Crippen LogP contribution in [0.4, 0.5) is 5.69 Å². The van der Waals surface area contributed by atoms with Gasteiger partial charge in [0.25, 0.3) is 0 Å². The van der Waals surface area contributed by atoms with Crippen LogP contribution in [0.3, 0.4) is 0 Å². The summed E-state index contributed by atoms with van der Waals surface area (Å²) in [5.41, 5.74) is 4.93. The molecule has 134 valence electrons. The normalized spacial score (nSPS) is 10.7. The third-order valence-electron chi connectivity index (χ3n) is 4.26. The number of anilines is 1. The van der Waals surface area contributed by atoms with E-state index in [0.717, 1.165) is 45.9 Å². The molecule has 1 N–H and O–H groups in total. The van der Waals surface area contributed by atoms with Crippen molar-refractivity contribution in [1.29, 1.82) is 0 Å². The van der Waals surface area contributed by atoms with Crippen LogP contribution in [-0.4, -0.2) is 10.9 Å². The molecule has 2 aromatic carbocycles. The number of aromatic nitrogens is 1. The van der Waals surface area contributed by atoms with Gasteiger partial charge in [-0.15, -0.1) is 11.3 Å². The summed E-state index contributed by atoms with van der Waals surface area (Å²) in [4.78, 5) is 17.1. The summed E-state index contributed by atoms with van der Waals surface area (Å²) in [7, 11) is 0. The van der Waals surface area contributed by atoms with Crippen LogP contribution in [-0.2, 0) is 24.1 Å². The number of nitrogens with zero attached hydrogens (tertiary/aromatic N) is 1. The lowest BCUT2D eigenvalue weighted by Gasteiger charge is -2.14. The molecular weight excluding hydrogens is 364 g/mol. The van der Waals surface area contributed by atoms with E-state index in [9.17, 15) is 4.79 Å². The minimum Gasteiger partial charge on any atom is -0.325 e. The molecule has 3 aromatic rings. The van der Waals surface area contributed by atoms with E-state index in [1.165, 1.54) is 11.3 Å². The summed E-state index contributed by atoms with van der Waals surface area (Å²) in [6.07, 6.45) is 2.02. The fourth-order valence-corrected chi connectivity index (χ4v) is 4.04. The van der Waals surface area contributed by atoms with Gasteiger partial charge in [0.15, 0.2) is 0 Å². The fraction of sp³-hybridized carbons (Fsp3) is 0.238. The first-order valence-corrected chi connectivity index (χ1v) is 9.98. The second-order valence-corrected chi connectivity index (χ2v) is 7.27. The standard InChI is InChI=1S/C21H21ClN2OS/c1-3-14-8-7-9-15(4-2)20(14)24-19(25)12-16-13-26-21(23-16)17-10-5-6-11-18(17)22/h5-11,13H,3-4,12H2,1-2H3,(H,24,25). The molecule has 0 aliphatic heterocycles. The number of hydrogen-bond donors (Lipinski definition) is 1. The van der Waals surface area contributed by atoms with Gasteiger partial charge in [0.05, 0.1) is 17.1 Å². The fourth-order valence-electron chi connectivity index (χ4n) is 2.90. The molecule has 0 aliphatic rings. The Bertz CT molecular complexity index is 898. The lowest BCUT2D eigenvalue weighted by molar-refractivity contribution is -0.115. The minimum absolute atomic E-state index is 0.0448. The van der Waals surface area contributed by atoms with E-state index in [-0.39, 0.29) is 12.3 Å². The number of carbonyl (C=O) groups excluding carboxylic acids is 1. The first-order chi connectivity index (χ1) is 12.6. The van der Waals surface area contributed by atoms with Crippen LogP contribution in [0.25, 0.3) is 10.6 Å². The van der Waals surface area contributed by atoms with Crippen molar-refractivity contribution in [3.8, 4) is 10.6 Å². The number of nitrogens with one attached hydrogen (secondary N) is 1. The summed E-state index contributed by atoms with van der Waals surface area (Å²) < 4.78 is 0. The first-order valence-electron chi connectivity index (χ1n) is 8.72. The van der Waals surface area contributed by atoms with Crippen LogP contribution in [0.1, 0.15) is 30.7 Å². The summed E-state index contributed by atoms with van der Waals surface area (Å²) in [5.74, 6) is -0.0448. The Morgan fingerprint density at radius 1 is 1.08 bits per heavy atom. The van der Waals surface area contributed by atoms with Crippen molar-refractivity contribution in [2.45, 2.75) is 33.1 Å². The van der Waals surface area contributed by atoms with Gasteiger partial charge >= 0.3 is 0 Å². The highest BCUT2D eigenvalue weighted by Crippen LogP contribution is 2.30. The van der Waals surface area contributed by atoms with Crippen molar-refractivity contribution in [1.82, 2.24) is 4.98 Å². The molecule has 1 aromatic heterocycles. The van der Waals surface area contributed by atoms with Crippen LogP contribution >= 0.6 is 22.9 Å². The molecule has 0 bridgehead atoms. The molecule has 3 nitrogen and oxygen atoms in total. The lowest BCUT2D eigenvalue weighted by atomic mass is 10.0. The SMILES string of the molecule is CCc1cccc(CC)c1NC(=O)Cc1csc(-c2ccccc2Cl)n1. The maximum Gasteiger partial charge on any atom is 0.230 e. The van der Waals surface area contributed by atoms with E-state index in [1.54, 1.807) is 0 Å². The van der Waals surface area contributed by atoms with Crippen molar-refractivity contribution in [3.05, 3.63) is 69.7 Å². The smallest absolute Gasteiger partial charge is 0.230 e. The largest absolute Gasteiger partial charge is 0.325 e. The molecule has 0 atom stereocenters. The molecule has 0 radical (unpaired) electrons. The minimum atomic E-state index is -0.0448. The van der Waals surface area contributed by atoms with E-state index in [4.69, 9.17) is 11.6 Å². The average Bonchev–Trinajstić information content (AvgIpc) is 3.10. The molecule has 0 saturated carbocycles. The van der Waals surface area contributed by atoms with Gasteiger partial charge < -0.3 is 5.32 Å². The third kappa shape index (κ3) is 4.14. The Balaban J connectivity index is 1.75. The van der Waals surface area contributed by atoms with Crippen LogP contribution < -0.4 is 5.32 Å². The van der Waals surface area contributed by atoms with Gasteiger partial charge in [0.2, 0.25) is 5.91 Å². The molecular formula is C21H21ClN2OS. The molecule has 0 unspecified atom stereocenters. The number of hydrogen-bond acceptors (Lipinski definition) is 3. The second-order valence-electron chi connectivity index (χ2n) is 6.01. The average molecular weight is 385 g/mol. The van der Waals surface area contributed by atoms with Gasteiger partial charge in [0.1, 0.15) is 5.01 Å². The molecule has 3 rings (SSSR count). The Hall–Kier alpha value is -2.17. The molecule has 26 heavy (non-hydrogen) atoms. The van der Waals surface area contributed by atoms with Crippen molar-refractivity contribution in [2.75, 3.05) is 5.32 Å². The van der Waals surface area contributed by atoms with Crippen molar-refractivity contribution in [3.63, 3.8) is 0 Å². The van der Waals surface area contributed by atoms with Gasteiger partial charge in [-0.05, 0) is 30.0 Å². The predicted octanol–water partition coefficient (Wildman–Crippen LogP) is 5.77. The quantitative estimate of drug-likeness (QED) is 0.586. The summed E-state index contributed by atoms with van der Waals surface area (Å²) in [6, 6.07) is 13.8. The first kappa shape index (κ1) is 18.6. The molecule has 0 aliphatic carbocycles. The Kier molecular flexibility index (Phi) is 6.07. The Morgan fingerprint density at radius 2 is 1.77 bits per heavy atom. The van der Waals surface area contributed by atoms with Crippen molar-refractivity contribution >= 4 is 34.5 Å². The van der Waals surface area contributed by atoms with Gasteiger partial charge in [-0.25, -0.2) is 4.98 Å². The number of aryl methyl sites for hydroxylation is 2. The predicted molar refractivity (Wildman–Crippen MR) is 110 cm³/mol. The molecule has 0 saturated heterocycles. The topological polar surface area (TPSA) is 42.0 Å². The zero-order chi connectivity index (χ0) is 18.5. The maximum atomic E-state index is 12.6. The zero-order valence-electron chi connectivity index (χ0n) is 14.9.